The van der Waals surface area contributed by atoms with Gasteiger partial charge in [0.05, 0.1) is 10.5 Å². The smallest absolute Gasteiger partial charge is 0.235 e. The van der Waals surface area contributed by atoms with Gasteiger partial charge in [0, 0.05) is 35.7 Å². The fraction of sp³-hybridized carbons (Fsp3) is 0.208. The molecule has 0 atom stereocenters. The van der Waals surface area contributed by atoms with E-state index in [2.05, 4.69) is 20.6 Å². The van der Waals surface area contributed by atoms with Crippen LogP contribution in [0.3, 0.4) is 0 Å². The van der Waals surface area contributed by atoms with Gasteiger partial charge in [-0.1, -0.05) is 36.2 Å². The van der Waals surface area contributed by atoms with E-state index in [9.17, 15) is 13.2 Å². The zero-order valence-electron chi connectivity index (χ0n) is 19.2. The molecule has 188 valence electrons. The van der Waals surface area contributed by atoms with Crippen molar-refractivity contribution in [3.8, 4) is 11.5 Å². The minimum absolute atomic E-state index is 0.0766. The summed E-state index contributed by atoms with van der Waals surface area (Å²) in [5, 5.41) is 6.85. The van der Waals surface area contributed by atoms with Crippen LogP contribution in [0, 0.1) is 0 Å². The molecule has 0 spiro atoms. The van der Waals surface area contributed by atoms with Gasteiger partial charge in [-0.2, -0.15) is 0 Å². The third kappa shape index (κ3) is 6.45. The maximum atomic E-state index is 11.9. The highest BCUT2D eigenvalue weighted by Crippen LogP contribution is 2.34. The second-order valence-corrected chi connectivity index (χ2v) is 11.0. The van der Waals surface area contributed by atoms with Crippen molar-refractivity contribution in [2.24, 2.45) is 0 Å². The Labute approximate surface area is 218 Å². The maximum absolute atomic E-state index is 11.9. The molecule has 9 nitrogen and oxygen atoms in total. The first-order valence-corrected chi connectivity index (χ1v) is 13.6. The quantitative estimate of drug-likeness (QED) is 0.292. The molecule has 0 radical (unpaired) electrons. The number of amides is 1. The van der Waals surface area contributed by atoms with Crippen LogP contribution in [-0.2, 0) is 21.2 Å². The number of carbonyl (C=O) groups excluding carboxylic acids is 1. The fourth-order valence-electron chi connectivity index (χ4n) is 3.43. The Morgan fingerprint density at radius 2 is 1.94 bits per heavy atom. The first-order valence-electron chi connectivity index (χ1n) is 11.0. The van der Waals surface area contributed by atoms with Gasteiger partial charge in [0.1, 0.15) is 29.1 Å². The van der Waals surface area contributed by atoms with E-state index in [-0.39, 0.29) is 12.3 Å². The van der Waals surface area contributed by atoms with Gasteiger partial charge in [0.25, 0.3) is 0 Å². The molecule has 0 bridgehead atoms. The van der Waals surface area contributed by atoms with Crippen molar-refractivity contribution in [2.45, 2.75) is 13.5 Å². The topological polar surface area (TPSA) is 115 Å². The molecule has 4 rings (SSSR count). The Kier molecular flexibility index (Phi) is 7.97. The van der Waals surface area contributed by atoms with E-state index < -0.39 is 21.5 Å². The summed E-state index contributed by atoms with van der Waals surface area (Å²) in [4.78, 5) is 20.6. The summed E-state index contributed by atoms with van der Waals surface area (Å²) in [5.74, 6) is 0.458. The van der Waals surface area contributed by atoms with Gasteiger partial charge in [-0.25, -0.2) is 18.4 Å². The monoisotopic (exact) mass is 547 g/mol. The Morgan fingerprint density at radius 1 is 1.11 bits per heavy atom. The third-order valence-electron chi connectivity index (χ3n) is 5.23. The van der Waals surface area contributed by atoms with Gasteiger partial charge in [0.2, 0.25) is 5.91 Å². The molecule has 2 heterocycles. The maximum Gasteiger partial charge on any atom is 0.235 e. The zero-order valence-corrected chi connectivity index (χ0v) is 21.6. The highest BCUT2D eigenvalue weighted by atomic mass is 35.5. The molecule has 12 heteroatoms. The van der Waals surface area contributed by atoms with Gasteiger partial charge >= 0.3 is 0 Å². The number of nitrogens with one attached hydrogen (secondary N) is 2. The molecule has 0 aliphatic rings. The summed E-state index contributed by atoms with van der Waals surface area (Å²) in [7, 11) is -3.38. The molecule has 36 heavy (non-hydrogen) atoms. The average Bonchev–Trinajstić information content (AvgIpc) is 3.25. The van der Waals surface area contributed by atoms with Gasteiger partial charge in [-0.15, -0.1) is 0 Å². The van der Waals surface area contributed by atoms with E-state index in [1.807, 2.05) is 16.8 Å². The fourth-order valence-corrected chi connectivity index (χ4v) is 4.54. The Morgan fingerprint density at radius 3 is 2.69 bits per heavy atom. The predicted octanol–water partition coefficient (Wildman–Crippen LogP) is 4.82. The van der Waals surface area contributed by atoms with Gasteiger partial charge < -0.3 is 19.9 Å². The predicted molar refractivity (Wildman–Crippen MR) is 141 cm³/mol. The summed E-state index contributed by atoms with van der Waals surface area (Å²) in [6.07, 6.45) is 3.28. The van der Waals surface area contributed by atoms with E-state index in [0.717, 1.165) is 5.52 Å². The summed E-state index contributed by atoms with van der Waals surface area (Å²) in [5.41, 5.74) is 2.12. The molecule has 0 aliphatic heterocycles. The lowest BCUT2D eigenvalue weighted by atomic mass is 10.3. The standard InChI is InChI=1S/C24H23Cl2N5O4S/c1-2-36(33,34)14-22(32)27-9-11-31-10-8-20-23(31)24(29-15-28-20)30-17-6-7-21(19(26)13-17)35-18-5-3-4-16(25)12-18/h3-8,10,12-13,15H,2,9,11,14H2,1H3,(H,27,32)(H,28,29,30). The van der Waals surface area contributed by atoms with Crippen LogP contribution in [0.2, 0.25) is 10.0 Å². The summed E-state index contributed by atoms with van der Waals surface area (Å²) in [6, 6.07) is 14.1. The number of aromatic nitrogens is 3. The Balaban J connectivity index is 1.47. The van der Waals surface area contributed by atoms with Crippen LogP contribution in [0.5, 0.6) is 11.5 Å². The summed E-state index contributed by atoms with van der Waals surface area (Å²) < 4.78 is 31.0. The first kappa shape index (κ1) is 25.7. The molecule has 4 aromatic rings. The van der Waals surface area contributed by atoms with Crippen molar-refractivity contribution in [1.29, 1.82) is 0 Å². The lowest BCUT2D eigenvalue weighted by Crippen LogP contribution is -2.33. The van der Waals surface area contributed by atoms with Crippen molar-refractivity contribution in [1.82, 2.24) is 19.9 Å². The van der Waals surface area contributed by atoms with Crippen LogP contribution in [0.1, 0.15) is 6.92 Å². The van der Waals surface area contributed by atoms with Crippen molar-refractivity contribution >= 4 is 61.5 Å². The summed E-state index contributed by atoms with van der Waals surface area (Å²) in [6.45, 7) is 2.16. The molecule has 0 saturated carbocycles. The Hall–Kier alpha value is -3.34. The molecule has 0 saturated heterocycles. The molecular formula is C24H23Cl2N5O4S. The van der Waals surface area contributed by atoms with Crippen LogP contribution in [0.15, 0.2) is 61.1 Å². The molecule has 1 amide bonds. The molecule has 0 fully saturated rings. The number of ether oxygens (including phenoxy) is 1. The van der Waals surface area contributed by atoms with Crippen LogP contribution < -0.4 is 15.4 Å². The van der Waals surface area contributed by atoms with Crippen LogP contribution in [0.4, 0.5) is 11.5 Å². The van der Waals surface area contributed by atoms with Crippen molar-refractivity contribution < 1.29 is 17.9 Å². The van der Waals surface area contributed by atoms with Gasteiger partial charge in [0.15, 0.2) is 15.7 Å². The number of benzene rings is 2. The van der Waals surface area contributed by atoms with E-state index >= 15 is 0 Å². The molecule has 2 N–H and O–H groups in total. The van der Waals surface area contributed by atoms with E-state index in [1.54, 1.807) is 42.5 Å². The molecule has 0 aliphatic carbocycles. The lowest BCUT2D eigenvalue weighted by Gasteiger charge is -2.13. The van der Waals surface area contributed by atoms with Crippen LogP contribution >= 0.6 is 23.2 Å². The largest absolute Gasteiger partial charge is 0.456 e. The number of anilines is 2. The van der Waals surface area contributed by atoms with E-state index in [1.165, 1.54) is 13.3 Å². The minimum Gasteiger partial charge on any atom is -0.456 e. The minimum atomic E-state index is -3.38. The van der Waals surface area contributed by atoms with E-state index in [4.69, 9.17) is 27.9 Å². The molecule has 0 unspecified atom stereocenters. The number of fused-ring (bicyclic) bond motifs is 1. The first-order chi connectivity index (χ1) is 17.2. The van der Waals surface area contributed by atoms with Crippen molar-refractivity contribution in [2.75, 3.05) is 23.4 Å². The number of rotatable bonds is 10. The summed E-state index contributed by atoms with van der Waals surface area (Å²) >= 11 is 12.5. The van der Waals surface area contributed by atoms with Gasteiger partial charge in [-0.05, 0) is 42.5 Å². The number of sulfone groups is 1. The second kappa shape index (κ2) is 11.2. The lowest BCUT2D eigenvalue weighted by molar-refractivity contribution is -0.118. The highest BCUT2D eigenvalue weighted by molar-refractivity contribution is 7.92. The number of nitrogens with zero attached hydrogens (tertiary/aromatic N) is 3. The second-order valence-electron chi connectivity index (χ2n) is 7.82. The normalized spacial score (nSPS) is 11.4. The van der Waals surface area contributed by atoms with Gasteiger partial charge in [-0.3, -0.25) is 4.79 Å². The van der Waals surface area contributed by atoms with Crippen molar-refractivity contribution in [3.05, 3.63) is 71.1 Å². The molecular weight excluding hydrogens is 525 g/mol. The van der Waals surface area contributed by atoms with E-state index in [0.29, 0.717) is 45.1 Å². The van der Waals surface area contributed by atoms with Crippen LogP contribution in [0.25, 0.3) is 11.0 Å². The SMILES string of the molecule is CCS(=O)(=O)CC(=O)NCCn1ccc2ncnc(Nc3ccc(Oc4cccc(Cl)c4)c(Cl)c3)c21. The van der Waals surface area contributed by atoms with Crippen molar-refractivity contribution in [3.63, 3.8) is 0 Å². The number of hydrogen-bond acceptors (Lipinski definition) is 7. The van der Waals surface area contributed by atoms with Crippen LogP contribution in [-0.4, -0.2) is 46.9 Å². The molecule has 2 aromatic carbocycles. The number of hydrogen-bond donors (Lipinski definition) is 2. The molecule has 2 aromatic heterocycles. The zero-order chi connectivity index (χ0) is 25.7. The number of halogens is 2. The highest BCUT2D eigenvalue weighted by Gasteiger charge is 2.15. The Bertz CT molecular complexity index is 1510. The third-order valence-corrected chi connectivity index (χ3v) is 7.35. The number of carbonyl (C=O) groups is 1. The average molecular weight is 548 g/mol.